The van der Waals surface area contributed by atoms with Gasteiger partial charge in [-0.05, 0) is 50.1 Å². The third-order valence-electron chi connectivity index (χ3n) is 8.50. The third-order valence-corrected chi connectivity index (χ3v) is 8.50. The van der Waals surface area contributed by atoms with Gasteiger partial charge < -0.3 is 24.4 Å². The normalized spacial score (nSPS) is 18.3. The van der Waals surface area contributed by atoms with Crippen molar-refractivity contribution < 1.29 is 18.7 Å². The summed E-state index contributed by atoms with van der Waals surface area (Å²) in [5.74, 6) is -2.63. The second-order valence-corrected chi connectivity index (χ2v) is 11.3. The Hall–Kier alpha value is -4.38. The van der Waals surface area contributed by atoms with E-state index in [0.717, 1.165) is 16.6 Å². The van der Waals surface area contributed by atoms with Gasteiger partial charge in [0.15, 0.2) is 0 Å². The van der Waals surface area contributed by atoms with Crippen molar-refractivity contribution in [3.8, 4) is 11.1 Å². The highest BCUT2D eigenvalue weighted by Crippen LogP contribution is 2.38. The van der Waals surface area contributed by atoms with Crippen LogP contribution in [0, 0.1) is 0 Å². The lowest BCUT2D eigenvalue weighted by atomic mass is 9.98. The molecule has 0 saturated carbocycles. The fourth-order valence-corrected chi connectivity index (χ4v) is 6.01. The van der Waals surface area contributed by atoms with Crippen LogP contribution in [-0.4, -0.2) is 80.3 Å². The summed E-state index contributed by atoms with van der Waals surface area (Å²) in [5.41, 5.74) is 2.75. The van der Waals surface area contributed by atoms with Gasteiger partial charge >= 0.3 is 0 Å². The van der Waals surface area contributed by atoms with Crippen molar-refractivity contribution in [2.75, 3.05) is 42.5 Å². The average Bonchev–Trinajstić information content (AvgIpc) is 3.43. The number of fused-ring (bicyclic) bond motifs is 1. The number of hydrogen-bond donors (Lipinski definition) is 1. The molecule has 2 aliphatic heterocycles. The number of aliphatic hydroxyl groups is 1. The number of nitrogens with zero attached hydrogens (tertiary/aromatic N) is 7. The van der Waals surface area contributed by atoms with E-state index in [1.165, 1.54) is 12.1 Å². The Morgan fingerprint density at radius 3 is 2.56 bits per heavy atom. The van der Waals surface area contributed by atoms with Crippen molar-refractivity contribution >= 4 is 28.4 Å². The van der Waals surface area contributed by atoms with E-state index in [0.29, 0.717) is 68.7 Å². The van der Waals surface area contributed by atoms with Crippen molar-refractivity contribution in [1.29, 1.82) is 0 Å². The van der Waals surface area contributed by atoms with Gasteiger partial charge in [-0.2, -0.15) is 8.78 Å². The van der Waals surface area contributed by atoms with Crippen molar-refractivity contribution in [3.63, 3.8) is 0 Å². The molecule has 9 nitrogen and oxygen atoms in total. The molecule has 4 aromatic rings. The summed E-state index contributed by atoms with van der Waals surface area (Å²) in [5, 5.41) is 10.9. The maximum Gasteiger partial charge on any atom is 0.291 e. The van der Waals surface area contributed by atoms with Gasteiger partial charge in [0.05, 0.1) is 17.8 Å². The fourth-order valence-electron chi connectivity index (χ4n) is 6.01. The summed E-state index contributed by atoms with van der Waals surface area (Å²) < 4.78 is 31.3. The predicted octanol–water partition coefficient (Wildman–Crippen LogP) is 4.47. The average molecular weight is 588 g/mol. The van der Waals surface area contributed by atoms with Gasteiger partial charge in [-0.1, -0.05) is 12.6 Å². The van der Waals surface area contributed by atoms with E-state index in [1.54, 1.807) is 30.9 Å². The second kappa shape index (κ2) is 11.7. The molecule has 0 radical (unpaired) electrons. The molecule has 1 aromatic carbocycles. The van der Waals surface area contributed by atoms with Crippen molar-refractivity contribution in [2.24, 2.45) is 0 Å². The molecule has 5 heterocycles. The zero-order chi connectivity index (χ0) is 30.1. The number of amides is 1. The minimum Gasteiger partial charge on any atom is -0.393 e. The molecular formula is C32H35F2N7O2. The van der Waals surface area contributed by atoms with E-state index in [1.807, 2.05) is 39.6 Å². The van der Waals surface area contributed by atoms with Gasteiger partial charge in [0, 0.05) is 91.3 Å². The van der Waals surface area contributed by atoms with Gasteiger partial charge in [-0.3, -0.25) is 9.78 Å². The van der Waals surface area contributed by atoms with E-state index in [2.05, 4.69) is 26.4 Å². The monoisotopic (exact) mass is 587 g/mol. The summed E-state index contributed by atoms with van der Waals surface area (Å²) in [6, 6.07) is 8.42. The molecule has 224 valence electrons. The molecule has 3 aromatic heterocycles. The highest BCUT2D eigenvalue weighted by Gasteiger charge is 2.32. The topological polar surface area (TPSA) is 90.6 Å². The smallest absolute Gasteiger partial charge is 0.291 e. The lowest BCUT2D eigenvalue weighted by Gasteiger charge is -2.42. The number of alkyl halides is 2. The van der Waals surface area contributed by atoms with Crippen LogP contribution in [0.4, 0.5) is 20.4 Å². The van der Waals surface area contributed by atoms with Gasteiger partial charge in [0.1, 0.15) is 6.54 Å². The third kappa shape index (κ3) is 5.81. The van der Waals surface area contributed by atoms with Crippen LogP contribution in [0.25, 0.3) is 22.0 Å². The van der Waals surface area contributed by atoms with Crippen LogP contribution >= 0.6 is 0 Å². The van der Waals surface area contributed by atoms with Gasteiger partial charge in [-0.15, -0.1) is 0 Å². The first-order chi connectivity index (χ1) is 20.7. The number of halogens is 2. The molecule has 0 bridgehead atoms. The summed E-state index contributed by atoms with van der Waals surface area (Å²) in [7, 11) is 0. The number of hydrogen-bond acceptors (Lipinski definition) is 7. The molecule has 6 rings (SSSR count). The molecular weight excluding hydrogens is 552 g/mol. The molecule has 2 saturated heterocycles. The Morgan fingerprint density at radius 2 is 1.84 bits per heavy atom. The zero-order valence-electron chi connectivity index (χ0n) is 24.1. The molecule has 1 unspecified atom stereocenters. The van der Waals surface area contributed by atoms with Crippen LogP contribution < -0.4 is 9.80 Å². The molecule has 0 spiro atoms. The maximum absolute atomic E-state index is 14.7. The number of allylic oxidation sites excluding steroid dienone is 1. The van der Waals surface area contributed by atoms with E-state index < -0.39 is 5.92 Å². The molecule has 2 fully saturated rings. The van der Waals surface area contributed by atoms with E-state index in [-0.39, 0.29) is 30.2 Å². The number of aliphatic hydroxyl groups excluding tert-OH is 1. The first kappa shape index (κ1) is 28.7. The minimum atomic E-state index is -3.20. The number of rotatable bonds is 7. The summed E-state index contributed by atoms with van der Waals surface area (Å²) in [4.78, 5) is 32.7. The number of aromatic nitrogens is 4. The first-order valence-corrected chi connectivity index (χ1v) is 14.6. The standard InChI is InChI=1S/C32H35F2N7O2/c1-3-32(33,34)25-4-5-28(27(16-25)24-17-36-31(37-18-24)38-12-8-26(42)9-13-38)40-14-15-41(22(2)20-40)30(43)21-39-11-7-23-6-10-35-19-29(23)39/h3-7,10-11,16-19,22,26,42H,1,8-9,12-15,20-21H2,2H3. The Kier molecular flexibility index (Phi) is 7.83. The number of anilines is 2. The van der Waals surface area contributed by atoms with Gasteiger partial charge in [0.25, 0.3) is 5.92 Å². The van der Waals surface area contributed by atoms with Crippen LogP contribution in [0.3, 0.4) is 0 Å². The lowest BCUT2D eigenvalue weighted by molar-refractivity contribution is -0.134. The Balaban J connectivity index is 1.23. The van der Waals surface area contributed by atoms with Crippen LogP contribution in [0.15, 0.2) is 74.0 Å². The number of carbonyl (C=O) groups is 1. The molecule has 2 aliphatic rings. The van der Waals surface area contributed by atoms with Crippen LogP contribution in [0.1, 0.15) is 25.3 Å². The number of piperazine rings is 1. The molecule has 1 atom stereocenters. The highest BCUT2D eigenvalue weighted by molar-refractivity contribution is 5.83. The van der Waals surface area contributed by atoms with Crippen LogP contribution in [0.2, 0.25) is 0 Å². The van der Waals surface area contributed by atoms with Crippen LogP contribution in [0.5, 0.6) is 0 Å². The number of piperidine rings is 1. The molecule has 43 heavy (non-hydrogen) atoms. The molecule has 11 heteroatoms. The summed E-state index contributed by atoms with van der Waals surface area (Å²) in [6.07, 6.45) is 10.4. The quantitative estimate of drug-likeness (QED) is 0.319. The van der Waals surface area contributed by atoms with E-state index in [4.69, 9.17) is 0 Å². The molecule has 1 amide bonds. The van der Waals surface area contributed by atoms with Gasteiger partial charge in [-0.25, -0.2) is 9.97 Å². The molecule has 1 N–H and O–H groups in total. The number of benzene rings is 1. The highest BCUT2D eigenvalue weighted by atomic mass is 19.3. The maximum atomic E-state index is 14.7. The SMILES string of the molecule is C=CC(F)(F)c1ccc(N2CCN(C(=O)Cn3ccc4ccncc43)C(C)C2)c(-c2cnc(N3CCC(O)CC3)nc2)c1. The minimum absolute atomic E-state index is 0.0175. The van der Waals surface area contributed by atoms with E-state index >= 15 is 0 Å². The fraction of sp³-hybridized carbons (Fsp3) is 0.375. The lowest BCUT2D eigenvalue weighted by Crippen LogP contribution is -2.54. The molecule has 0 aliphatic carbocycles. The van der Waals surface area contributed by atoms with Crippen molar-refractivity contribution in [1.82, 2.24) is 24.4 Å². The van der Waals surface area contributed by atoms with Gasteiger partial charge in [0.2, 0.25) is 11.9 Å². The second-order valence-electron chi connectivity index (χ2n) is 11.3. The summed E-state index contributed by atoms with van der Waals surface area (Å²) >= 11 is 0. The van der Waals surface area contributed by atoms with Crippen molar-refractivity contribution in [3.05, 3.63) is 79.5 Å². The first-order valence-electron chi connectivity index (χ1n) is 14.6. The predicted molar refractivity (Wildman–Crippen MR) is 162 cm³/mol. The Labute approximate surface area is 249 Å². The Bertz CT molecular complexity index is 1620. The van der Waals surface area contributed by atoms with E-state index in [9.17, 15) is 18.7 Å². The largest absolute Gasteiger partial charge is 0.393 e. The van der Waals surface area contributed by atoms with Crippen LogP contribution in [-0.2, 0) is 17.3 Å². The zero-order valence-corrected chi connectivity index (χ0v) is 24.1. The summed E-state index contributed by atoms with van der Waals surface area (Å²) in [6.45, 7) is 8.44. The van der Waals surface area contributed by atoms with Crippen molar-refractivity contribution in [2.45, 2.75) is 44.4 Å². The number of pyridine rings is 1. The Morgan fingerprint density at radius 1 is 1.07 bits per heavy atom. The number of carbonyl (C=O) groups excluding carboxylic acids is 1.